The van der Waals surface area contributed by atoms with E-state index in [-0.39, 0.29) is 5.78 Å². The average molecular weight is 244 g/mol. The van der Waals surface area contributed by atoms with Crippen molar-refractivity contribution in [3.63, 3.8) is 0 Å². The Kier molecular flexibility index (Phi) is 3.89. The van der Waals surface area contributed by atoms with Gasteiger partial charge in [-0.25, -0.2) is 0 Å². The number of allylic oxidation sites excluding steroid dienone is 4. The number of carbonyl (C=O) groups excluding carboxylic acids is 1. The van der Waals surface area contributed by atoms with Gasteiger partial charge in [-0.15, -0.1) is 0 Å². The Labute approximate surface area is 85.6 Å². The molecule has 4 heteroatoms. The highest BCUT2D eigenvalue weighted by atomic mass is 79.9. The van der Waals surface area contributed by atoms with Gasteiger partial charge in [0, 0.05) is 18.4 Å². The standard InChI is InChI=1S/C9H10BrNO2/c1-2-9(12)7-3-5-8(6-4-7)11-13-10/h3-5H,2,6H2,1H3. The Hall–Kier alpha value is -0.900. The van der Waals surface area contributed by atoms with Crippen molar-refractivity contribution < 1.29 is 8.72 Å². The summed E-state index contributed by atoms with van der Waals surface area (Å²) in [7, 11) is 0. The number of carbonyl (C=O) groups is 1. The minimum atomic E-state index is 0.162. The summed E-state index contributed by atoms with van der Waals surface area (Å²) >= 11 is 2.73. The average Bonchev–Trinajstić information content (AvgIpc) is 2.18. The topological polar surface area (TPSA) is 38.7 Å². The maximum Gasteiger partial charge on any atom is 0.215 e. The number of Topliss-reactive ketones (excluding diaryl/α,β-unsaturated/α-hetero) is 1. The van der Waals surface area contributed by atoms with Gasteiger partial charge in [-0.05, 0) is 12.2 Å². The van der Waals surface area contributed by atoms with Gasteiger partial charge in [0.1, 0.15) is 0 Å². The molecule has 1 aliphatic rings. The van der Waals surface area contributed by atoms with Crippen molar-refractivity contribution in [2.75, 3.05) is 0 Å². The van der Waals surface area contributed by atoms with Crippen molar-refractivity contribution >= 4 is 27.8 Å². The summed E-state index contributed by atoms with van der Waals surface area (Å²) in [5.41, 5.74) is 1.56. The largest absolute Gasteiger partial charge is 0.315 e. The first-order valence-corrected chi connectivity index (χ1v) is 4.68. The second kappa shape index (κ2) is 4.97. The van der Waals surface area contributed by atoms with E-state index in [4.69, 9.17) is 0 Å². The summed E-state index contributed by atoms with van der Waals surface area (Å²) in [6.07, 6.45) is 6.59. The van der Waals surface area contributed by atoms with E-state index in [0.29, 0.717) is 12.8 Å². The molecule has 0 aromatic carbocycles. The van der Waals surface area contributed by atoms with E-state index in [0.717, 1.165) is 11.3 Å². The van der Waals surface area contributed by atoms with Gasteiger partial charge < -0.3 is 3.93 Å². The zero-order valence-electron chi connectivity index (χ0n) is 7.29. The van der Waals surface area contributed by atoms with Crippen LogP contribution in [-0.4, -0.2) is 11.5 Å². The van der Waals surface area contributed by atoms with Crippen LogP contribution in [0.2, 0.25) is 0 Å². The third kappa shape index (κ3) is 2.81. The number of hydrogen-bond donors (Lipinski definition) is 0. The van der Waals surface area contributed by atoms with Crippen LogP contribution in [0.25, 0.3) is 0 Å². The van der Waals surface area contributed by atoms with Crippen LogP contribution in [0, 0.1) is 0 Å². The first-order chi connectivity index (χ1) is 6.27. The monoisotopic (exact) mass is 243 g/mol. The number of hydrogen-bond acceptors (Lipinski definition) is 3. The van der Waals surface area contributed by atoms with E-state index < -0.39 is 0 Å². The van der Waals surface area contributed by atoms with Gasteiger partial charge in [0.25, 0.3) is 0 Å². The molecule has 0 aliphatic heterocycles. The molecule has 0 heterocycles. The van der Waals surface area contributed by atoms with Crippen LogP contribution < -0.4 is 0 Å². The molecule has 0 N–H and O–H groups in total. The molecule has 0 radical (unpaired) electrons. The molecule has 0 aromatic rings. The third-order valence-electron chi connectivity index (χ3n) is 1.78. The highest BCUT2D eigenvalue weighted by Crippen LogP contribution is 2.11. The Balaban J connectivity index is 2.65. The molecule has 1 aliphatic carbocycles. The quantitative estimate of drug-likeness (QED) is 0.715. The van der Waals surface area contributed by atoms with Gasteiger partial charge in [-0.2, -0.15) is 0 Å². The second-order valence-electron chi connectivity index (χ2n) is 2.63. The summed E-state index contributed by atoms with van der Waals surface area (Å²) in [5.74, 6) is 0.162. The highest BCUT2D eigenvalue weighted by molar-refractivity contribution is 9.05. The van der Waals surface area contributed by atoms with Gasteiger partial charge in [0.05, 0.1) is 5.71 Å². The van der Waals surface area contributed by atoms with E-state index in [2.05, 4.69) is 25.3 Å². The van der Waals surface area contributed by atoms with Crippen molar-refractivity contribution in [2.24, 2.45) is 5.16 Å². The molecule has 0 amide bonds. The molecule has 13 heavy (non-hydrogen) atoms. The molecule has 0 aromatic heterocycles. The number of rotatable bonds is 3. The number of oxime groups is 1. The lowest BCUT2D eigenvalue weighted by molar-refractivity contribution is -0.115. The molecular formula is C9H10BrNO2. The Bertz CT molecular complexity index is 292. The van der Waals surface area contributed by atoms with Crippen molar-refractivity contribution in [1.82, 2.24) is 0 Å². The first kappa shape index (κ1) is 10.2. The van der Waals surface area contributed by atoms with Gasteiger partial charge in [-0.3, -0.25) is 4.79 Å². The van der Waals surface area contributed by atoms with E-state index in [1.54, 1.807) is 12.2 Å². The lowest BCUT2D eigenvalue weighted by atomic mass is 10.0. The Morgan fingerprint density at radius 3 is 2.92 bits per heavy atom. The minimum absolute atomic E-state index is 0.162. The summed E-state index contributed by atoms with van der Waals surface area (Å²) in [5, 5.41) is 3.69. The van der Waals surface area contributed by atoms with Crippen LogP contribution in [0.15, 0.2) is 29.0 Å². The maximum absolute atomic E-state index is 11.2. The maximum atomic E-state index is 11.2. The first-order valence-electron chi connectivity index (χ1n) is 4.04. The molecular weight excluding hydrogens is 234 g/mol. The number of ketones is 1. The fourth-order valence-corrected chi connectivity index (χ4v) is 1.25. The van der Waals surface area contributed by atoms with Crippen LogP contribution in [0.5, 0.6) is 0 Å². The predicted molar refractivity (Wildman–Crippen MR) is 54.6 cm³/mol. The highest BCUT2D eigenvalue weighted by Gasteiger charge is 2.08. The van der Waals surface area contributed by atoms with Crippen LogP contribution in [0.4, 0.5) is 0 Å². The van der Waals surface area contributed by atoms with E-state index in [1.165, 1.54) is 0 Å². The van der Waals surface area contributed by atoms with E-state index in [1.807, 2.05) is 13.0 Å². The molecule has 1 rings (SSSR count). The molecule has 0 fully saturated rings. The lowest BCUT2D eigenvalue weighted by Gasteiger charge is -2.05. The second-order valence-corrected chi connectivity index (χ2v) is 2.91. The molecule has 0 saturated heterocycles. The Morgan fingerprint density at radius 1 is 1.69 bits per heavy atom. The van der Waals surface area contributed by atoms with Crippen molar-refractivity contribution in [2.45, 2.75) is 19.8 Å². The van der Waals surface area contributed by atoms with Gasteiger partial charge >= 0.3 is 0 Å². The summed E-state index contributed by atoms with van der Waals surface area (Å²) in [6.45, 7) is 1.85. The van der Waals surface area contributed by atoms with Crippen LogP contribution >= 0.6 is 16.3 Å². The molecule has 0 spiro atoms. The zero-order valence-corrected chi connectivity index (χ0v) is 8.87. The molecule has 3 nitrogen and oxygen atoms in total. The molecule has 0 unspecified atom stereocenters. The minimum Gasteiger partial charge on any atom is -0.315 e. The Morgan fingerprint density at radius 2 is 2.46 bits per heavy atom. The van der Waals surface area contributed by atoms with Crippen LogP contribution in [-0.2, 0) is 8.72 Å². The SMILES string of the molecule is CCC(=O)C1=CCC(=NOBr)C=C1. The predicted octanol–water partition coefficient (Wildman–Crippen LogP) is 2.53. The summed E-state index contributed by atoms with van der Waals surface area (Å²) < 4.78 is 4.44. The molecule has 70 valence electrons. The zero-order chi connectivity index (χ0) is 9.68. The summed E-state index contributed by atoms with van der Waals surface area (Å²) in [4.78, 5) is 11.2. The fraction of sp³-hybridized carbons (Fsp3) is 0.333. The van der Waals surface area contributed by atoms with Gasteiger partial charge in [0.15, 0.2) is 5.78 Å². The lowest BCUT2D eigenvalue weighted by Crippen LogP contribution is -2.04. The van der Waals surface area contributed by atoms with Crippen molar-refractivity contribution in [3.05, 3.63) is 23.8 Å². The van der Waals surface area contributed by atoms with Crippen LogP contribution in [0.1, 0.15) is 19.8 Å². The summed E-state index contributed by atoms with van der Waals surface area (Å²) in [6, 6.07) is 0. The number of nitrogens with zero attached hydrogens (tertiary/aromatic N) is 1. The number of halogens is 1. The van der Waals surface area contributed by atoms with Crippen molar-refractivity contribution in [1.29, 1.82) is 0 Å². The van der Waals surface area contributed by atoms with Crippen molar-refractivity contribution in [3.8, 4) is 0 Å². The molecule has 0 bridgehead atoms. The molecule has 0 atom stereocenters. The third-order valence-corrected chi connectivity index (χ3v) is 1.93. The van der Waals surface area contributed by atoms with Crippen LogP contribution in [0.3, 0.4) is 0 Å². The van der Waals surface area contributed by atoms with E-state index >= 15 is 0 Å². The molecule has 0 saturated carbocycles. The smallest absolute Gasteiger partial charge is 0.215 e. The van der Waals surface area contributed by atoms with E-state index in [9.17, 15) is 4.79 Å². The van der Waals surface area contributed by atoms with Gasteiger partial charge in [-0.1, -0.05) is 18.2 Å². The van der Waals surface area contributed by atoms with Gasteiger partial charge in [0.2, 0.25) is 16.3 Å². The fourth-order valence-electron chi connectivity index (χ4n) is 1.06. The normalized spacial score (nSPS) is 18.6.